The first-order valence-electron chi connectivity index (χ1n) is 10.8. The molecule has 5 rings (SSSR count). The lowest BCUT2D eigenvalue weighted by Gasteiger charge is -2.41. The Morgan fingerprint density at radius 3 is 2.64 bits per heavy atom. The van der Waals surface area contributed by atoms with Gasteiger partial charge in [-0.25, -0.2) is 9.18 Å². The topological polar surface area (TPSA) is 91.6 Å². The standard InChI is InChI=1S/C21H21F4N5O3/c22-13-9-29(10-13)20(32)26-15-3-1-2-4-16(15)30-8-12-6-5-11(7-14(12)18(30)31)17-27-19(33-28-17)21(23,24)25/h5-7,13,15-16H,1-4,8-10H2,(H,26,32)/t15-,16?/m1/s1. The number of urea groups is 1. The number of amides is 3. The van der Waals surface area contributed by atoms with Crippen LogP contribution in [0.1, 0.15) is 47.5 Å². The zero-order chi connectivity index (χ0) is 23.3. The van der Waals surface area contributed by atoms with Crippen LogP contribution in [0.2, 0.25) is 0 Å². The number of alkyl halides is 4. The second-order valence-corrected chi connectivity index (χ2v) is 8.64. The molecule has 1 aliphatic carbocycles. The molecule has 2 fully saturated rings. The van der Waals surface area contributed by atoms with Crippen molar-refractivity contribution in [1.29, 1.82) is 0 Å². The Morgan fingerprint density at radius 2 is 1.94 bits per heavy atom. The molecule has 1 saturated heterocycles. The van der Waals surface area contributed by atoms with Crippen molar-refractivity contribution >= 4 is 11.9 Å². The van der Waals surface area contributed by atoms with Gasteiger partial charge < -0.3 is 19.6 Å². The zero-order valence-corrected chi connectivity index (χ0v) is 17.4. The van der Waals surface area contributed by atoms with E-state index in [-0.39, 0.29) is 48.5 Å². The van der Waals surface area contributed by atoms with Crippen molar-refractivity contribution in [3.05, 3.63) is 35.2 Å². The van der Waals surface area contributed by atoms with Gasteiger partial charge in [0.05, 0.1) is 25.2 Å². The number of benzene rings is 1. The molecule has 8 nitrogen and oxygen atoms in total. The van der Waals surface area contributed by atoms with E-state index in [1.54, 1.807) is 17.0 Å². The smallest absolute Gasteiger partial charge is 0.333 e. The van der Waals surface area contributed by atoms with Gasteiger partial charge in [0.25, 0.3) is 5.91 Å². The van der Waals surface area contributed by atoms with Crippen molar-refractivity contribution in [2.45, 2.75) is 56.7 Å². The predicted octanol–water partition coefficient (Wildman–Crippen LogP) is 3.39. The molecule has 0 radical (unpaired) electrons. The maximum absolute atomic E-state index is 13.2. The quantitative estimate of drug-likeness (QED) is 0.699. The van der Waals surface area contributed by atoms with E-state index < -0.39 is 18.2 Å². The molecule has 1 saturated carbocycles. The van der Waals surface area contributed by atoms with Crippen LogP contribution in [0.15, 0.2) is 22.7 Å². The van der Waals surface area contributed by atoms with Gasteiger partial charge in [-0.2, -0.15) is 18.2 Å². The molecule has 3 heterocycles. The van der Waals surface area contributed by atoms with Crippen LogP contribution < -0.4 is 5.32 Å². The van der Waals surface area contributed by atoms with Gasteiger partial charge in [-0.3, -0.25) is 4.79 Å². The average molecular weight is 467 g/mol. The Morgan fingerprint density at radius 1 is 1.18 bits per heavy atom. The summed E-state index contributed by atoms with van der Waals surface area (Å²) in [7, 11) is 0. The van der Waals surface area contributed by atoms with Gasteiger partial charge in [0.2, 0.25) is 5.82 Å². The van der Waals surface area contributed by atoms with Crippen molar-refractivity contribution in [1.82, 2.24) is 25.3 Å². The minimum atomic E-state index is -4.75. The molecule has 1 unspecified atom stereocenters. The average Bonchev–Trinajstić information content (AvgIpc) is 3.37. The highest BCUT2D eigenvalue weighted by Gasteiger charge is 2.41. The number of fused-ring (bicyclic) bond motifs is 1. The van der Waals surface area contributed by atoms with Crippen molar-refractivity contribution in [2.24, 2.45) is 0 Å². The van der Waals surface area contributed by atoms with Gasteiger partial charge in [-0.1, -0.05) is 30.1 Å². The lowest BCUT2D eigenvalue weighted by molar-refractivity contribution is -0.159. The molecule has 33 heavy (non-hydrogen) atoms. The van der Waals surface area contributed by atoms with Crippen LogP contribution >= 0.6 is 0 Å². The van der Waals surface area contributed by atoms with E-state index in [4.69, 9.17) is 0 Å². The van der Waals surface area contributed by atoms with Crippen LogP contribution in [0.4, 0.5) is 22.4 Å². The van der Waals surface area contributed by atoms with E-state index in [0.717, 1.165) is 18.4 Å². The molecule has 1 aromatic carbocycles. The van der Waals surface area contributed by atoms with Gasteiger partial charge >= 0.3 is 18.1 Å². The minimum Gasteiger partial charge on any atom is -0.333 e. The monoisotopic (exact) mass is 467 g/mol. The molecule has 3 amide bonds. The summed E-state index contributed by atoms with van der Waals surface area (Å²) >= 11 is 0. The van der Waals surface area contributed by atoms with Gasteiger partial charge in [-0.15, -0.1) is 0 Å². The van der Waals surface area contributed by atoms with Gasteiger partial charge in [0.1, 0.15) is 6.17 Å². The van der Waals surface area contributed by atoms with E-state index >= 15 is 0 Å². The Hall–Kier alpha value is -3.18. The fourth-order valence-electron chi connectivity index (χ4n) is 4.68. The third-order valence-corrected chi connectivity index (χ3v) is 6.43. The summed E-state index contributed by atoms with van der Waals surface area (Å²) in [6.07, 6.45) is -2.52. The van der Waals surface area contributed by atoms with Crippen molar-refractivity contribution in [3.63, 3.8) is 0 Å². The lowest BCUT2D eigenvalue weighted by Crippen LogP contribution is -2.60. The van der Waals surface area contributed by atoms with Gasteiger partial charge in [-0.05, 0) is 24.5 Å². The second-order valence-electron chi connectivity index (χ2n) is 8.64. The Bertz CT molecular complexity index is 1080. The molecule has 2 aliphatic heterocycles. The molecule has 0 spiro atoms. The first-order chi connectivity index (χ1) is 15.7. The number of nitrogens with zero attached hydrogens (tertiary/aromatic N) is 4. The summed E-state index contributed by atoms with van der Waals surface area (Å²) in [5.41, 5.74) is 1.35. The number of hydrogen-bond donors (Lipinski definition) is 1. The van der Waals surface area contributed by atoms with Gasteiger partial charge in [0, 0.05) is 17.7 Å². The normalized spacial score (nSPS) is 23.5. The van der Waals surface area contributed by atoms with Crippen LogP contribution in [0.5, 0.6) is 0 Å². The lowest BCUT2D eigenvalue weighted by atomic mass is 9.89. The van der Waals surface area contributed by atoms with E-state index in [1.807, 2.05) is 0 Å². The molecule has 12 heteroatoms. The maximum Gasteiger partial charge on any atom is 0.471 e. The molecule has 2 aromatic rings. The van der Waals surface area contributed by atoms with Crippen LogP contribution in [-0.2, 0) is 12.7 Å². The fraction of sp³-hybridized carbons (Fsp3) is 0.524. The number of halogens is 4. The number of aromatic nitrogens is 2. The molecule has 1 N–H and O–H groups in total. The molecular weight excluding hydrogens is 446 g/mol. The van der Waals surface area contributed by atoms with E-state index in [0.29, 0.717) is 24.9 Å². The summed E-state index contributed by atoms with van der Waals surface area (Å²) in [5.74, 6) is -1.96. The number of hydrogen-bond acceptors (Lipinski definition) is 5. The number of nitrogens with one attached hydrogen (secondary N) is 1. The third kappa shape index (κ3) is 4.02. The van der Waals surface area contributed by atoms with Crippen LogP contribution in [0.3, 0.4) is 0 Å². The SMILES string of the molecule is O=C(N[C@@H]1CCCCC1N1Cc2ccc(-c3noc(C(F)(F)F)n3)cc2C1=O)N1CC(F)C1. The summed E-state index contributed by atoms with van der Waals surface area (Å²) in [6, 6.07) is 3.89. The van der Waals surface area contributed by atoms with E-state index in [1.165, 1.54) is 11.0 Å². The predicted molar refractivity (Wildman–Crippen MR) is 106 cm³/mol. The molecular formula is C21H21F4N5O3. The zero-order valence-electron chi connectivity index (χ0n) is 17.4. The third-order valence-electron chi connectivity index (χ3n) is 6.43. The molecule has 3 aliphatic rings. The molecule has 176 valence electrons. The summed E-state index contributed by atoms with van der Waals surface area (Å²) in [6.45, 7) is 0.486. The maximum atomic E-state index is 13.2. The minimum absolute atomic E-state index is 0.0756. The Balaban J connectivity index is 1.33. The number of rotatable bonds is 3. The Kier molecular flexibility index (Phi) is 5.25. The number of likely N-dealkylation sites (tertiary alicyclic amines) is 1. The highest BCUT2D eigenvalue weighted by molar-refractivity contribution is 5.99. The number of carbonyl (C=O) groups is 2. The van der Waals surface area contributed by atoms with Crippen LogP contribution in [0.25, 0.3) is 11.4 Å². The van der Waals surface area contributed by atoms with Crippen LogP contribution in [-0.4, -0.2) is 63.2 Å². The highest BCUT2D eigenvalue weighted by Crippen LogP contribution is 2.34. The molecule has 2 atom stereocenters. The summed E-state index contributed by atoms with van der Waals surface area (Å²) in [5, 5.41) is 6.34. The van der Waals surface area contributed by atoms with E-state index in [9.17, 15) is 27.2 Å². The first kappa shape index (κ1) is 21.7. The van der Waals surface area contributed by atoms with Crippen molar-refractivity contribution < 1.29 is 31.7 Å². The van der Waals surface area contributed by atoms with Crippen molar-refractivity contribution in [3.8, 4) is 11.4 Å². The number of carbonyl (C=O) groups excluding carboxylic acids is 2. The Labute approximate surface area is 185 Å². The van der Waals surface area contributed by atoms with Gasteiger partial charge in [0.15, 0.2) is 0 Å². The largest absolute Gasteiger partial charge is 0.471 e. The second kappa shape index (κ2) is 7.99. The molecule has 1 aromatic heterocycles. The fourth-order valence-corrected chi connectivity index (χ4v) is 4.68. The van der Waals surface area contributed by atoms with Crippen LogP contribution in [0, 0.1) is 0 Å². The summed E-state index contributed by atoms with van der Waals surface area (Å²) < 4.78 is 55.7. The molecule has 0 bridgehead atoms. The first-order valence-corrected chi connectivity index (χ1v) is 10.8. The van der Waals surface area contributed by atoms with E-state index in [2.05, 4.69) is 20.0 Å². The van der Waals surface area contributed by atoms with Crippen molar-refractivity contribution in [2.75, 3.05) is 13.1 Å². The highest BCUT2D eigenvalue weighted by atomic mass is 19.4. The summed E-state index contributed by atoms with van der Waals surface area (Å²) in [4.78, 5) is 32.1.